The lowest BCUT2D eigenvalue weighted by Gasteiger charge is -2.24. The second-order valence-corrected chi connectivity index (χ2v) is 6.11. The van der Waals surface area contributed by atoms with Gasteiger partial charge in [0.25, 0.3) is 5.91 Å². The third kappa shape index (κ3) is 5.25. The molecule has 0 aliphatic heterocycles. The molecule has 0 saturated heterocycles. The zero-order valence-electron chi connectivity index (χ0n) is 12.1. The summed E-state index contributed by atoms with van der Waals surface area (Å²) in [6.07, 6.45) is 0.912. The Labute approximate surface area is 121 Å². The molecule has 0 spiro atoms. The highest BCUT2D eigenvalue weighted by Gasteiger charge is 2.19. The highest BCUT2D eigenvalue weighted by Crippen LogP contribution is 2.19. The van der Waals surface area contributed by atoms with Gasteiger partial charge in [-0.25, -0.2) is 0 Å². The van der Waals surface area contributed by atoms with Gasteiger partial charge in [0, 0.05) is 30.7 Å². The van der Waals surface area contributed by atoms with Gasteiger partial charge in [-0.3, -0.25) is 4.79 Å². The lowest BCUT2D eigenvalue weighted by molar-refractivity contribution is 0.0920. The summed E-state index contributed by atoms with van der Waals surface area (Å²) in [5, 5.41) is 2.99. The van der Waals surface area contributed by atoms with Crippen molar-refractivity contribution in [3.05, 3.63) is 29.3 Å². The van der Waals surface area contributed by atoms with Crippen molar-refractivity contribution in [1.29, 1.82) is 0 Å². The Hall–Kier alpha value is -1.00. The van der Waals surface area contributed by atoms with E-state index in [1.807, 2.05) is 19.1 Å². The second-order valence-electron chi connectivity index (χ2n) is 5.59. The van der Waals surface area contributed by atoms with Gasteiger partial charge in [-0.2, -0.15) is 0 Å². The number of benzene rings is 1. The first-order valence-corrected chi connectivity index (χ1v) is 6.87. The molecule has 0 aromatic heterocycles. The van der Waals surface area contributed by atoms with Crippen molar-refractivity contribution in [2.75, 3.05) is 20.3 Å². The van der Waals surface area contributed by atoms with Crippen molar-refractivity contribution in [3.63, 3.8) is 0 Å². The second kappa shape index (κ2) is 6.96. The zero-order valence-corrected chi connectivity index (χ0v) is 13.0. The summed E-state index contributed by atoms with van der Waals surface area (Å²) < 4.78 is 5.08. The molecule has 1 N–H and O–H groups in total. The molecule has 0 saturated carbocycles. The van der Waals surface area contributed by atoms with E-state index in [2.05, 4.69) is 31.8 Å². The molecule has 0 fully saturated rings. The van der Waals surface area contributed by atoms with Crippen molar-refractivity contribution in [3.8, 4) is 0 Å². The molecule has 1 aromatic carbocycles. The number of aryl methyl sites for hydroxylation is 1. The van der Waals surface area contributed by atoms with Gasteiger partial charge in [-0.1, -0.05) is 19.9 Å². The molecule has 19 heavy (non-hydrogen) atoms. The molecular formula is C15H23NO2S. The summed E-state index contributed by atoms with van der Waals surface area (Å²) in [7, 11) is 1.69. The van der Waals surface area contributed by atoms with Gasteiger partial charge in [-0.15, -0.1) is 12.6 Å². The normalized spacial score (nSPS) is 11.4. The van der Waals surface area contributed by atoms with Gasteiger partial charge in [-0.05, 0) is 36.5 Å². The third-order valence-corrected chi connectivity index (χ3v) is 3.45. The standard InChI is InChI=1S/C15H23NO2S/c1-11-5-6-12(19)9-13(11)14(17)16-10-15(2,3)7-8-18-4/h5-6,9,19H,7-8,10H2,1-4H3,(H,16,17). The maximum atomic E-state index is 12.2. The van der Waals surface area contributed by atoms with Crippen molar-refractivity contribution in [2.45, 2.75) is 32.1 Å². The summed E-state index contributed by atoms with van der Waals surface area (Å²) in [5.41, 5.74) is 1.68. The summed E-state index contributed by atoms with van der Waals surface area (Å²) in [4.78, 5) is 13.0. The number of carbonyl (C=O) groups is 1. The number of carbonyl (C=O) groups excluding carboxylic acids is 1. The number of thiol groups is 1. The fourth-order valence-corrected chi connectivity index (χ4v) is 1.94. The van der Waals surface area contributed by atoms with E-state index in [0.29, 0.717) is 18.7 Å². The van der Waals surface area contributed by atoms with Crippen molar-refractivity contribution in [2.24, 2.45) is 5.41 Å². The third-order valence-electron chi connectivity index (χ3n) is 3.18. The number of methoxy groups -OCH3 is 1. The van der Waals surface area contributed by atoms with E-state index < -0.39 is 0 Å². The Morgan fingerprint density at radius 3 is 2.74 bits per heavy atom. The number of hydrogen-bond acceptors (Lipinski definition) is 3. The van der Waals surface area contributed by atoms with Crippen LogP contribution in [0.2, 0.25) is 0 Å². The van der Waals surface area contributed by atoms with Gasteiger partial charge in [0.15, 0.2) is 0 Å². The minimum Gasteiger partial charge on any atom is -0.385 e. The van der Waals surface area contributed by atoms with Gasteiger partial charge in [0.1, 0.15) is 0 Å². The molecule has 0 atom stereocenters. The van der Waals surface area contributed by atoms with Crippen LogP contribution < -0.4 is 5.32 Å². The first-order valence-electron chi connectivity index (χ1n) is 6.42. The maximum absolute atomic E-state index is 12.2. The maximum Gasteiger partial charge on any atom is 0.251 e. The van der Waals surface area contributed by atoms with E-state index in [-0.39, 0.29) is 11.3 Å². The average Bonchev–Trinajstić information content (AvgIpc) is 2.36. The van der Waals surface area contributed by atoms with E-state index in [0.717, 1.165) is 16.9 Å². The fraction of sp³-hybridized carbons (Fsp3) is 0.533. The summed E-state index contributed by atoms with van der Waals surface area (Å²) in [6.45, 7) is 7.50. The monoisotopic (exact) mass is 281 g/mol. The van der Waals surface area contributed by atoms with Crippen molar-refractivity contribution < 1.29 is 9.53 Å². The molecule has 4 heteroatoms. The quantitative estimate of drug-likeness (QED) is 0.787. The van der Waals surface area contributed by atoms with Gasteiger partial charge < -0.3 is 10.1 Å². The fourth-order valence-electron chi connectivity index (χ4n) is 1.74. The first-order chi connectivity index (χ1) is 8.85. The van der Waals surface area contributed by atoms with Crippen LogP contribution in [0, 0.1) is 12.3 Å². The molecular weight excluding hydrogens is 258 g/mol. The van der Waals surface area contributed by atoms with Crippen LogP contribution in [0.25, 0.3) is 0 Å². The summed E-state index contributed by atoms with van der Waals surface area (Å²) in [5.74, 6) is -0.0427. The van der Waals surface area contributed by atoms with E-state index in [1.54, 1.807) is 13.2 Å². The van der Waals surface area contributed by atoms with Crippen LogP contribution in [0.4, 0.5) is 0 Å². The molecule has 1 rings (SSSR count). The molecule has 0 heterocycles. The molecule has 0 aliphatic rings. The minimum absolute atomic E-state index is 0.0259. The Kier molecular flexibility index (Phi) is 5.88. The van der Waals surface area contributed by atoms with Crippen LogP contribution in [0.1, 0.15) is 36.2 Å². The molecule has 0 unspecified atom stereocenters. The van der Waals surface area contributed by atoms with Crippen LogP contribution in [-0.4, -0.2) is 26.2 Å². The van der Waals surface area contributed by atoms with Gasteiger partial charge in [0.2, 0.25) is 0 Å². The Morgan fingerprint density at radius 2 is 2.11 bits per heavy atom. The summed E-state index contributed by atoms with van der Waals surface area (Å²) in [6, 6.07) is 5.60. The lowest BCUT2D eigenvalue weighted by Crippen LogP contribution is -2.35. The van der Waals surface area contributed by atoms with Gasteiger partial charge in [0.05, 0.1) is 0 Å². The largest absolute Gasteiger partial charge is 0.385 e. The SMILES string of the molecule is COCCC(C)(C)CNC(=O)c1cc(S)ccc1C. The predicted octanol–water partition coefficient (Wildman–Crippen LogP) is 3.08. The molecule has 3 nitrogen and oxygen atoms in total. The summed E-state index contributed by atoms with van der Waals surface area (Å²) >= 11 is 4.27. The molecule has 0 aliphatic carbocycles. The minimum atomic E-state index is -0.0427. The highest BCUT2D eigenvalue weighted by atomic mass is 32.1. The first kappa shape index (κ1) is 16.1. The van der Waals surface area contributed by atoms with Crippen LogP contribution >= 0.6 is 12.6 Å². The number of hydrogen-bond donors (Lipinski definition) is 2. The van der Waals surface area contributed by atoms with Crippen molar-refractivity contribution >= 4 is 18.5 Å². The average molecular weight is 281 g/mol. The number of amides is 1. The van der Waals surface area contributed by atoms with E-state index in [4.69, 9.17) is 4.74 Å². The highest BCUT2D eigenvalue weighted by molar-refractivity contribution is 7.80. The zero-order chi connectivity index (χ0) is 14.5. The Bertz CT molecular complexity index is 444. The number of nitrogens with one attached hydrogen (secondary N) is 1. The topological polar surface area (TPSA) is 38.3 Å². The molecule has 1 amide bonds. The predicted molar refractivity (Wildman–Crippen MR) is 81.0 cm³/mol. The lowest BCUT2D eigenvalue weighted by atomic mass is 9.89. The van der Waals surface area contributed by atoms with Crippen LogP contribution in [0.5, 0.6) is 0 Å². The van der Waals surface area contributed by atoms with E-state index in [9.17, 15) is 4.79 Å². The van der Waals surface area contributed by atoms with Crippen molar-refractivity contribution in [1.82, 2.24) is 5.32 Å². The smallest absolute Gasteiger partial charge is 0.251 e. The molecule has 1 aromatic rings. The Morgan fingerprint density at radius 1 is 1.42 bits per heavy atom. The van der Waals surface area contributed by atoms with Crippen LogP contribution in [-0.2, 0) is 4.74 Å². The van der Waals surface area contributed by atoms with E-state index in [1.165, 1.54) is 0 Å². The number of ether oxygens (including phenoxy) is 1. The van der Waals surface area contributed by atoms with Gasteiger partial charge >= 0.3 is 0 Å². The Balaban J connectivity index is 2.62. The molecule has 0 radical (unpaired) electrons. The molecule has 0 bridgehead atoms. The molecule has 106 valence electrons. The number of rotatable bonds is 6. The van der Waals surface area contributed by atoms with Crippen LogP contribution in [0.3, 0.4) is 0 Å². The van der Waals surface area contributed by atoms with E-state index >= 15 is 0 Å². The van der Waals surface area contributed by atoms with Crippen LogP contribution in [0.15, 0.2) is 23.1 Å².